The molecule has 3 nitrogen and oxygen atoms in total. The predicted octanol–water partition coefficient (Wildman–Crippen LogP) is 6.40. The normalized spacial score (nSPS) is 11.3. The Labute approximate surface area is 178 Å². The summed E-state index contributed by atoms with van der Waals surface area (Å²) in [5.74, 6) is 0.146. The molecule has 5 aromatic rings. The van der Waals surface area contributed by atoms with E-state index in [0.29, 0.717) is 12.3 Å². The Balaban J connectivity index is 1.59. The zero-order valence-corrected chi connectivity index (χ0v) is 17.0. The minimum atomic E-state index is -0.283. The maximum Gasteiger partial charge on any atom is 0.123 e. The van der Waals surface area contributed by atoms with Crippen LogP contribution >= 0.6 is 0 Å². The van der Waals surface area contributed by atoms with E-state index in [-0.39, 0.29) is 18.2 Å². The van der Waals surface area contributed by atoms with Crippen molar-refractivity contribution in [1.82, 2.24) is 9.55 Å². The van der Waals surface area contributed by atoms with E-state index < -0.39 is 0 Å². The summed E-state index contributed by atoms with van der Waals surface area (Å²) in [6.07, 6.45) is 1.80. The van der Waals surface area contributed by atoms with Crippen LogP contribution in [0.3, 0.4) is 0 Å². The predicted molar refractivity (Wildman–Crippen MR) is 118 cm³/mol. The second-order valence-corrected chi connectivity index (χ2v) is 7.61. The molecule has 0 bridgehead atoms. The smallest absolute Gasteiger partial charge is 0.123 e. The molecule has 0 saturated carbocycles. The number of aryl methyl sites for hydroxylation is 1. The molecule has 3 aromatic carbocycles. The zero-order chi connectivity index (χ0) is 21.4. The number of halogens is 2. The van der Waals surface area contributed by atoms with Crippen LogP contribution in [-0.4, -0.2) is 9.55 Å². The van der Waals surface area contributed by atoms with Crippen molar-refractivity contribution in [2.45, 2.75) is 20.1 Å². The Hall–Kier alpha value is -3.73. The van der Waals surface area contributed by atoms with Crippen molar-refractivity contribution >= 4 is 21.8 Å². The van der Waals surface area contributed by atoms with Crippen molar-refractivity contribution in [2.75, 3.05) is 0 Å². The lowest BCUT2D eigenvalue weighted by Gasteiger charge is -2.11. The van der Waals surface area contributed by atoms with Crippen LogP contribution < -0.4 is 4.74 Å². The molecule has 0 aliphatic heterocycles. The van der Waals surface area contributed by atoms with Crippen molar-refractivity contribution in [3.05, 3.63) is 107 Å². The number of hydrogen-bond acceptors (Lipinski definition) is 2. The fourth-order valence-corrected chi connectivity index (χ4v) is 4.06. The molecule has 5 heteroatoms. The lowest BCUT2D eigenvalue weighted by molar-refractivity contribution is 0.306. The monoisotopic (exact) mass is 414 g/mol. The second-order valence-electron chi connectivity index (χ2n) is 7.61. The van der Waals surface area contributed by atoms with E-state index in [1.54, 1.807) is 24.4 Å². The van der Waals surface area contributed by atoms with Crippen LogP contribution in [0.5, 0.6) is 5.75 Å². The lowest BCUT2D eigenvalue weighted by Crippen LogP contribution is -2.02. The van der Waals surface area contributed by atoms with Gasteiger partial charge < -0.3 is 9.30 Å². The molecule has 5 rings (SSSR count). The van der Waals surface area contributed by atoms with Crippen molar-refractivity contribution in [3.63, 3.8) is 0 Å². The Bertz CT molecular complexity index is 1410. The molecule has 0 amide bonds. The first kappa shape index (κ1) is 19.2. The van der Waals surface area contributed by atoms with Crippen molar-refractivity contribution in [1.29, 1.82) is 0 Å². The first-order chi connectivity index (χ1) is 15.1. The van der Waals surface area contributed by atoms with Gasteiger partial charge in [0.25, 0.3) is 0 Å². The van der Waals surface area contributed by atoms with Gasteiger partial charge in [-0.05, 0) is 60.5 Å². The van der Waals surface area contributed by atoms with Crippen molar-refractivity contribution < 1.29 is 13.5 Å². The molecular formula is C26H20F2N2O. The third-order valence-corrected chi connectivity index (χ3v) is 5.45. The van der Waals surface area contributed by atoms with Crippen LogP contribution in [0.25, 0.3) is 21.8 Å². The summed E-state index contributed by atoms with van der Waals surface area (Å²) >= 11 is 0. The third kappa shape index (κ3) is 3.75. The summed E-state index contributed by atoms with van der Waals surface area (Å²) < 4.78 is 35.3. The molecule has 0 N–H and O–H groups in total. The summed E-state index contributed by atoms with van der Waals surface area (Å²) in [5, 5.41) is 2.17. The number of rotatable bonds is 5. The van der Waals surface area contributed by atoms with Crippen LogP contribution in [0.1, 0.15) is 16.8 Å². The van der Waals surface area contributed by atoms with Gasteiger partial charge in [-0.3, -0.25) is 4.98 Å². The molecule has 31 heavy (non-hydrogen) atoms. The molecule has 0 spiro atoms. The molecule has 0 atom stereocenters. The van der Waals surface area contributed by atoms with Gasteiger partial charge in [0, 0.05) is 29.6 Å². The molecule has 154 valence electrons. The minimum Gasteiger partial charge on any atom is -0.489 e. The van der Waals surface area contributed by atoms with Gasteiger partial charge in [-0.25, -0.2) is 8.78 Å². The molecule has 0 aliphatic rings. The maximum atomic E-state index is 13.8. The molecule has 2 aromatic heterocycles. The summed E-state index contributed by atoms with van der Waals surface area (Å²) in [6.45, 7) is 2.76. The quantitative estimate of drug-likeness (QED) is 0.333. The average molecular weight is 414 g/mol. The number of nitrogens with zero attached hydrogens (tertiary/aromatic N) is 2. The largest absolute Gasteiger partial charge is 0.489 e. The fourth-order valence-electron chi connectivity index (χ4n) is 4.06. The average Bonchev–Trinajstić information content (AvgIpc) is 3.07. The van der Waals surface area contributed by atoms with E-state index in [1.807, 2.05) is 43.3 Å². The van der Waals surface area contributed by atoms with Crippen LogP contribution in [0, 0.1) is 18.6 Å². The highest BCUT2D eigenvalue weighted by atomic mass is 19.1. The Morgan fingerprint density at radius 1 is 0.839 bits per heavy atom. The van der Waals surface area contributed by atoms with E-state index in [1.165, 1.54) is 18.2 Å². The lowest BCUT2D eigenvalue weighted by atomic mass is 10.1. The Kier molecular flexibility index (Phi) is 4.86. The van der Waals surface area contributed by atoms with Gasteiger partial charge >= 0.3 is 0 Å². The Morgan fingerprint density at radius 2 is 1.58 bits per heavy atom. The molecule has 0 radical (unpaired) electrons. The number of ether oxygens (including phenoxy) is 1. The van der Waals surface area contributed by atoms with E-state index in [2.05, 4.69) is 9.55 Å². The van der Waals surface area contributed by atoms with Gasteiger partial charge in [-0.15, -0.1) is 0 Å². The number of aromatic nitrogens is 2. The number of fused-ring (bicyclic) bond motifs is 3. The van der Waals surface area contributed by atoms with E-state index >= 15 is 0 Å². The van der Waals surface area contributed by atoms with Gasteiger partial charge in [0.15, 0.2) is 0 Å². The number of benzene rings is 3. The summed E-state index contributed by atoms with van der Waals surface area (Å²) in [7, 11) is 0. The second kappa shape index (κ2) is 7.84. The fraction of sp³-hybridized carbons (Fsp3) is 0.115. The van der Waals surface area contributed by atoms with Crippen LogP contribution in [0.4, 0.5) is 8.78 Å². The maximum absolute atomic E-state index is 13.8. The van der Waals surface area contributed by atoms with Gasteiger partial charge in [0.05, 0.1) is 16.7 Å². The van der Waals surface area contributed by atoms with Crippen molar-refractivity contribution in [3.8, 4) is 5.75 Å². The highest BCUT2D eigenvalue weighted by Crippen LogP contribution is 2.33. The first-order valence-corrected chi connectivity index (χ1v) is 10.1. The first-order valence-electron chi connectivity index (χ1n) is 10.1. The van der Waals surface area contributed by atoms with Gasteiger partial charge in [-0.2, -0.15) is 0 Å². The van der Waals surface area contributed by atoms with Crippen LogP contribution in [0.15, 0.2) is 79.0 Å². The zero-order valence-electron chi connectivity index (χ0n) is 17.0. The summed E-state index contributed by atoms with van der Waals surface area (Å²) in [6, 6.07) is 20.9. The summed E-state index contributed by atoms with van der Waals surface area (Å²) in [4.78, 5) is 4.47. The highest BCUT2D eigenvalue weighted by Gasteiger charge is 2.15. The number of hydrogen-bond donors (Lipinski definition) is 0. The van der Waals surface area contributed by atoms with Crippen molar-refractivity contribution in [2.24, 2.45) is 0 Å². The Morgan fingerprint density at radius 3 is 2.35 bits per heavy atom. The highest BCUT2D eigenvalue weighted by molar-refractivity contribution is 6.09. The van der Waals surface area contributed by atoms with E-state index in [4.69, 9.17) is 4.74 Å². The van der Waals surface area contributed by atoms with Gasteiger partial charge in [0.2, 0.25) is 0 Å². The molecule has 0 aliphatic carbocycles. The molecule has 0 saturated heterocycles. The van der Waals surface area contributed by atoms with Gasteiger partial charge in [-0.1, -0.05) is 24.3 Å². The number of pyridine rings is 1. The molecular weight excluding hydrogens is 394 g/mol. The van der Waals surface area contributed by atoms with E-state index in [9.17, 15) is 8.78 Å². The SMILES string of the molecule is Cc1nccc2c3ccc(OCc4cccc(F)c4)cc3n(Cc3cccc(F)c3)c12. The topological polar surface area (TPSA) is 27.1 Å². The molecule has 2 heterocycles. The molecule has 0 unspecified atom stereocenters. The molecule has 0 fully saturated rings. The van der Waals surface area contributed by atoms with E-state index in [0.717, 1.165) is 38.6 Å². The van der Waals surface area contributed by atoms with Crippen LogP contribution in [-0.2, 0) is 13.2 Å². The summed E-state index contributed by atoms with van der Waals surface area (Å²) in [5.41, 5.74) is 4.54. The van der Waals surface area contributed by atoms with Gasteiger partial charge in [0.1, 0.15) is 24.0 Å². The minimum absolute atomic E-state index is 0.257. The van der Waals surface area contributed by atoms with Crippen LogP contribution in [0.2, 0.25) is 0 Å². The third-order valence-electron chi connectivity index (χ3n) is 5.45. The standard InChI is InChI=1S/C26H20F2N2O/c1-17-26-24(10-11-29-17)23-9-8-22(31-16-19-5-3-7-21(28)13-19)14-25(23)30(26)15-18-4-2-6-20(27)12-18/h2-14H,15-16H2,1H3.